The highest BCUT2D eigenvalue weighted by molar-refractivity contribution is 7.15. The molecule has 23 heavy (non-hydrogen) atoms. The summed E-state index contributed by atoms with van der Waals surface area (Å²) < 4.78 is 0. The molecule has 124 valence electrons. The molecule has 2 aromatic rings. The summed E-state index contributed by atoms with van der Waals surface area (Å²) in [7, 11) is 0. The normalized spacial score (nSPS) is 15.6. The van der Waals surface area contributed by atoms with Gasteiger partial charge in [0.2, 0.25) is 0 Å². The Morgan fingerprint density at radius 2 is 1.61 bits per heavy atom. The van der Waals surface area contributed by atoms with Gasteiger partial charge in [-0.25, -0.2) is 0 Å². The fourth-order valence-corrected chi connectivity index (χ4v) is 4.54. The van der Waals surface area contributed by atoms with Crippen molar-refractivity contribution >= 4 is 11.3 Å². The molecule has 0 spiro atoms. The van der Waals surface area contributed by atoms with Crippen LogP contribution >= 0.6 is 11.3 Å². The topological polar surface area (TPSA) is 12.0 Å². The van der Waals surface area contributed by atoms with Gasteiger partial charge in [0, 0.05) is 16.3 Å². The Morgan fingerprint density at radius 1 is 0.870 bits per heavy atom. The van der Waals surface area contributed by atoms with Crippen LogP contribution in [0.1, 0.15) is 63.1 Å². The van der Waals surface area contributed by atoms with E-state index < -0.39 is 0 Å². The number of nitrogens with one attached hydrogen (secondary N) is 1. The van der Waals surface area contributed by atoms with Crippen LogP contribution in [0.5, 0.6) is 0 Å². The zero-order chi connectivity index (χ0) is 16.8. The van der Waals surface area contributed by atoms with Gasteiger partial charge in [0.1, 0.15) is 0 Å². The highest BCUT2D eigenvalue weighted by Gasteiger charge is 2.25. The first kappa shape index (κ1) is 16.7. The third-order valence-electron chi connectivity index (χ3n) is 4.70. The van der Waals surface area contributed by atoms with E-state index >= 15 is 0 Å². The molecule has 1 aromatic carbocycles. The van der Waals surface area contributed by atoms with Gasteiger partial charge in [-0.15, -0.1) is 11.3 Å². The number of hydrogen-bond acceptors (Lipinski definition) is 2. The summed E-state index contributed by atoms with van der Waals surface area (Å²) in [6.45, 7) is 15.9. The number of fused-ring (bicyclic) bond motifs is 1. The zero-order valence-corrected chi connectivity index (χ0v) is 16.2. The Labute approximate surface area is 145 Å². The van der Waals surface area contributed by atoms with E-state index in [-0.39, 0.29) is 10.8 Å². The van der Waals surface area contributed by atoms with E-state index in [9.17, 15) is 0 Å². The van der Waals surface area contributed by atoms with E-state index in [4.69, 9.17) is 0 Å². The maximum absolute atomic E-state index is 3.56. The van der Waals surface area contributed by atoms with Crippen molar-refractivity contribution in [1.29, 1.82) is 0 Å². The van der Waals surface area contributed by atoms with Crippen molar-refractivity contribution in [3.8, 4) is 10.4 Å². The third-order valence-corrected chi connectivity index (χ3v) is 6.25. The molecule has 0 saturated carbocycles. The van der Waals surface area contributed by atoms with Gasteiger partial charge in [0.15, 0.2) is 0 Å². The summed E-state index contributed by atoms with van der Waals surface area (Å²) in [5.74, 6) is 0. The van der Waals surface area contributed by atoms with Crippen molar-refractivity contribution in [1.82, 2.24) is 5.32 Å². The molecule has 0 fully saturated rings. The quantitative estimate of drug-likeness (QED) is 0.713. The van der Waals surface area contributed by atoms with Crippen LogP contribution in [-0.4, -0.2) is 6.54 Å². The number of thiophene rings is 1. The average molecular weight is 328 g/mol. The summed E-state index contributed by atoms with van der Waals surface area (Å²) in [6.07, 6.45) is 1.14. The lowest BCUT2D eigenvalue weighted by molar-refractivity contribution is 0.560. The van der Waals surface area contributed by atoms with E-state index in [2.05, 4.69) is 71.1 Å². The van der Waals surface area contributed by atoms with Crippen molar-refractivity contribution in [2.75, 3.05) is 6.54 Å². The second-order valence-electron chi connectivity index (χ2n) is 8.71. The Morgan fingerprint density at radius 3 is 2.22 bits per heavy atom. The molecule has 3 rings (SSSR count). The maximum Gasteiger partial charge on any atom is 0.0348 e. The van der Waals surface area contributed by atoms with Gasteiger partial charge in [0.25, 0.3) is 0 Å². The molecule has 2 heterocycles. The third kappa shape index (κ3) is 3.25. The van der Waals surface area contributed by atoms with Gasteiger partial charge in [-0.3, -0.25) is 0 Å². The maximum atomic E-state index is 3.56. The fraction of sp³-hybridized carbons (Fsp3) is 0.524. The van der Waals surface area contributed by atoms with Crippen molar-refractivity contribution < 1.29 is 0 Å². The van der Waals surface area contributed by atoms with Crippen LogP contribution < -0.4 is 5.32 Å². The number of hydrogen-bond donors (Lipinski definition) is 1. The molecule has 0 bridgehead atoms. The number of benzene rings is 1. The average Bonchev–Trinajstić information content (AvgIpc) is 2.94. The van der Waals surface area contributed by atoms with E-state index in [1.807, 2.05) is 11.3 Å². The predicted octanol–water partition coefficient (Wildman–Crippen LogP) is 5.66. The van der Waals surface area contributed by atoms with Gasteiger partial charge in [-0.05, 0) is 58.2 Å². The molecule has 2 heteroatoms. The van der Waals surface area contributed by atoms with E-state index in [1.165, 1.54) is 26.4 Å². The Hall–Kier alpha value is -1.12. The Kier molecular flexibility index (Phi) is 4.18. The lowest BCUT2D eigenvalue weighted by Gasteiger charge is -2.29. The standard InChI is InChI=1S/C21H29NS/c1-20(2,3)17-8-7-15(14-11-12-22-13-16(14)17)18-9-10-19(23-18)21(4,5)6/h7-10,22H,11-13H2,1-6H3. The minimum absolute atomic E-state index is 0.202. The summed E-state index contributed by atoms with van der Waals surface area (Å²) in [4.78, 5) is 2.89. The van der Waals surface area contributed by atoms with Crippen molar-refractivity contribution in [3.63, 3.8) is 0 Å². The molecule has 0 saturated heterocycles. The molecule has 1 aromatic heterocycles. The molecular formula is C21H29NS. The molecule has 0 unspecified atom stereocenters. The molecule has 0 aliphatic carbocycles. The first-order valence-electron chi connectivity index (χ1n) is 8.64. The smallest absolute Gasteiger partial charge is 0.0348 e. The molecule has 1 nitrogen and oxygen atoms in total. The predicted molar refractivity (Wildman–Crippen MR) is 103 cm³/mol. The second-order valence-corrected chi connectivity index (χ2v) is 9.79. The summed E-state index contributed by atoms with van der Waals surface area (Å²) >= 11 is 1.96. The van der Waals surface area contributed by atoms with E-state index in [0.29, 0.717) is 0 Å². The molecule has 1 aliphatic heterocycles. The second kappa shape index (κ2) is 5.75. The van der Waals surface area contributed by atoms with Crippen molar-refractivity contribution in [2.45, 2.75) is 65.3 Å². The molecule has 1 N–H and O–H groups in total. The first-order valence-corrected chi connectivity index (χ1v) is 9.46. The Balaban J connectivity index is 2.12. The van der Waals surface area contributed by atoms with Crippen LogP contribution in [0.25, 0.3) is 10.4 Å². The van der Waals surface area contributed by atoms with Gasteiger partial charge < -0.3 is 5.32 Å². The molecule has 1 aliphatic rings. The highest BCUT2D eigenvalue weighted by Crippen LogP contribution is 2.40. The van der Waals surface area contributed by atoms with Gasteiger partial charge in [-0.2, -0.15) is 0 Å². The fourth-order valence-electron chi connectivity index (χ4n) is 3.43. The minimum Gasteiger partial charge on any atom is -0.312 e. The molecular weight excluding hydrogens is 298 g/mol. The van der Waals surface area contributed by atoms with E-state index in [0.717, 1.165) is 19.5 Å². The van der Waals surface area contributed by atoms with Crippen LogP contribution in [0.2, 0.25) is 0 Å². The SMILES string of the molecule is CC(C)(C)c1ccc(-c2ccc(C(C)(C)C)c3c2CCNC3)s1. The monoisotopic (exact) mass is 327 g/mol. The van der Waals surface area contributed by atoms with Gasteiger partial charge in [0.05, 0.1) is 0 Å². The van der Waals surface area contributed by atoms with Crippen LogP contribution in [0.15, 0.2) is 24.3 Å². The Bertz CT molecular complexity index is 710. The summed E-state index contributed by atoms with van der Waals surface area (Å²) in [5, 5.41) is 3.56. The lowest BCUT2D eigenvalue weighted by atomic mass is 9.79. The van der Waals surface area contributed by atoms with Gasteiger partial charge in [-0.1, -0.05) is 53.7 Å². The highest BCUT2D eigenvalue weighted by atomic mass is 32.1. The molecule has 0 amide bonds. The van der Waals surface area contributed by atoms with Crippen LogP contribution in [0.3, 0.4) is 0 Å². The minimum atomic E-state index is 0.202. The van der Waals surface area contributed by atoms with Crippen LogP contribution in [0, 0.1) is 0 Å². The number of rotatable bonds is 1. The zero-order valence-electron chi connectivity index (χ0n) is 15.3. The molecule has 0 radical (unpaired) electrons. The van der Waals surface area contributed by atoms with Crippen LogP contribution in [-0.2, 0) is 23.8 Å². The lowest BCUT2D eigenvalue weighted by Crippen LogP contribution is -2.28. The van der Waals surface area contributed by atoms with Gasteiger partial charge >= 0.3 is 0 Å². The summed E-state index contributed by atoms with van der Waals surface area (Å²) in [5.41, 5.74) is 6.49. The largest absolute Gasteiger partial charge is 0.312 e. The van der Waals surface area contributed by atoms with Crippen molar-refractivity contribution in [2.24, 2.45) is 0 Å². The first-order chi connectivity index (χ1) is 10.7. The molecule has 0 atom stereocenters. The summed E-state index contributed by atoms with van der Waals surface area (Å²) in [6, 6.07) is 9.35. The van der Waals surface area contributed by atoms with Crippen LogP contribution in [0.4, 0.5) is 0 Å². The van der Waals surface area contributed by atoms with Crippen molar-refractivity contribution in [3.05, 3.63) is 45.8 Å². The van der Waals surface area contributed by atoms with E-state index in [1.54, 1.807) is 5.56 Å².